The van der Waals surface area contributed by atoms with Crippen LogP contribution in [0.15, 0.2) is 59.7 Å². The molecule has 0 spiro atoms. The first-order valence-corrected chi connectivity index (χ1v) is 8.61. The number of amides is 1. The Labute approximate surface area is 151 Å². The SMILES string of the molecule is O=C(Cc1ccco1)N1Cc2cncn2C[C@H](COc2ccccn2)C1. The van der Waals surface area contributed by atoms with Gasteiger partial charge in [0.05, 0.1) is 37.9 Å². The van der Waals surface area contributed by atoms with Gasteiger partial charge < -0.3 is 18.6 Å². The van der Waals surface area contributed by atoms with Gasteiger partial charge in [0.25, 0.3) is 0 Å². The Morgan fingerprint density at radius 2 is 2.23 bits per heavy atom. The van der Waals surface area contributed by atoms with E-state index < -0.39 is 0 Å². The molecule has 7 nitrogen and oxygen atoms in total. The van der Waals surface area contributed by atoms with Gasteiger partial charge in [0.15, 0.2) is 0 Å². The number of rotatable bonds is 5. The van der Waals surface area contributed by atoms with Gasteiger partial charge in [0, 0.05) is 37.5 Å². The third kappa shape index (κ3) is 3.77. The number of carbonyl (C=O) groups excluding carboxylic acids is 1. The van der Waals surface area contributed by atoms with E-state index in [1.54, 1.807) is 18.5 Å². The second kappa shape index (κ2) is 7.43. The van der Waals surface area contributed by atoms with E-state index >= 15 is 0 Å². The normalized spacial score (nSPS) is 16.8. The van der Waals surface area contributed by atoms with Crippen molar-refractivity contribution in [2.24, 2.45) is 5.92 Å². The fourth-order valence-electron chi connectivity index (χ4n) is 3.16. The van der Waals surface area contributed by atoms with Crippen molar-refractivity contribution >= 4 is 5.91 Å². The van der Waals surface area contributed by atoms with Crippen LogP contribution < -0.4 is 4.74 Å². The predicted molar refractivity (Wildman–Crippen MR) is 93.3 cm³/mol. The molecule has 0 N–H and O–H groups in total. The standard InChI is InChI=1S/C19H20N4O3/c24-19(8-17-4-3-7-25-17)22-10-15(11-23-14-20-9-16(23)12-22)13-26-18-5-1-2-6-21-18/h1-7,9,14-15H,8,10-13H2/t15-/m1/s1. The monoisotopic (exact) mass is 352 g/mol. The molecule has 3 aromatic heterocycles. The maximum absolute atomic E-state index is 12.8. The summed E-state index contributed by atoms with van der Waals surface area (Å²) >= 11 is 0. The van der Waals surface area contributed by atoms with Gasteiger partial charge >= 0.3 is 0 Å². The Hall–Kier alpha value is -3.09. The summed E-state index contributed by atoms with van der Waals surface area (Å²) in [6.07, 6.45) is 7.17. The van der Waals surface area contributed by atoms with E-state index in [1.807, 2.05) is 41.7 Å². The third-order valence-electron chi connectivity index (χ3n) is 4.45. The van der Waals surface area contributed by atoms with E-state index in [9.17, 15) is 4.79 Å². The minimum atomic E-state index is 0.0393. The molecule has 0 aliphatic carbocycles. The van der Waals surface area contributed by atoms with Gasteiger partial charge in [-0.2, -0.15) is 0 Å². The molecule has 0 aromatic carbocycles. The molecule has 0 radical (unpaired) electrons. The van der Waals surface area contributed by atoms with Gasteiger partial charge in [0.2, 0.25) is 11.8 Å². The van der Waals surface area contributed by atoms with Crippen molar-refractivity contribution in [2.45, 2.75) is 19.5 Å². The molecule has 26 heavy (non-hydrogen) atoms. The van der Waals surface area contributed by atoms with Crippen LogP contribution in [-0.4, -0.2) is 38.5 Å². The molecular formula is C19H20N4O3. The van der Waals surface area contributed by atoms with Gasteiger partial charge in [-0.05, 0) is 18.2 Å². The maximum atomic E-state index is 12.8. The summed E-state index contributed by atoms with van der Waals surface area (Å²) in [6, 6.07) is 9.19. The lowest BCUT2D eigenvalue weighted by atomic mass is 10.1. The fourth-order valence-corrected chi connectivity index (χ4v) is 3.16. The number of pyridine rings is 1. The molecule has 0 bridgehead atoms. The van der Waals surface area contributed by atoms with Gasteiger partial charge in [-0.25, -0.2) is 9.97 Å². The highest BCUT2D eigenvalue weighted by atomic mass is 16.5. The summed E-state index contributed by atoms with van der Waals surface area (Å²) in [6.45, 7) is 2.40. The van der Waals surface area contributed by atoms with Crippen LogP contribution in [0.25, 0.3) is 0 Å². The lowest BCUT2D eigenvalue weighted by molar-refractivity contribution is -0.132. The highest BCUT2D eigenvalue weighted by Gasteiger charge is 2.26. The number of hydrogen-bond acceptors (Lipinski definition) is 5. The van der Waals surface area contributed by atoms with Crippen molar-refractivity contribution in [3.05, 3.63) is 66.8 Å². The molecule has 7 heteroatoms. The largest absolute Gasteiger partial charge is 0.477 e. The van der Waals surface area contributed by atoms with Crippen LogP contribution in [0.5, 0.6) is 5.88 Å². The summed E-state index contributed by atoms with van der Waals surface area (Å²) in [7, 11) is 0. The van der Waals surface area contributed by atoms with E-state index in [4.69, 9.17) is 9.15 Å². The number of furan rings is 1. The molecule has 1 amide bonds. The van der Waals surface area contributed by atoms with Crippen LogP contribution in [-0.2, 0) is 24.3 Å². The average molecular weight is 352 g/mol. The topological polar surface area (TPSA) is 73.4 Å². The number of ether oxygens (including phenoxy) is 1. The van der Waals surface area contributed by atoms with Crippen LogP contribution in [0.2, 0.25) is 0 Å². The first-order valence-electron chi connectivity index (χ1n) is 8.61. The Balaban J connectivity index is 1.47. The highest BCUT2D eigenvalue weighted by Crippen LogP contribution is 2.18. The molecule has 0 saturated carbocycles. The lowest BCUT2D eigenvalue weighted by Gasteiger charge is -2.24. The van der Waals surface area contributed by atoms with Gasteiger partial charge in [-0.1, -0.05) is 6.07 Å². The quantitative estimate of drug-likeness (QED) is 0.703. The molecule has 0 saturated heterocycles. The van der Waals surface area contributed by atoms with Crippen LogP contribution in [0, 0.1) is 5.92 Å². The Kier molecular flexibility index (Phi) is 4.68. The summed E-state index contributed by atoms with van der Waals surface area (Å²) in [5.74, 6) is 1.45. The molecule has 0 unspecified atom stereocenters. The van der Waals surface area contributed by atoms with Crippen molar-refractivity contribution < 1.29 is 13.9 Å². The number of carbonyl (C=O) groups is 1. The van der Waals surface area contributed by atoms with E-state index in [2.05, 4.69) is 14.5 Å². The second-order valence-corrected chi connectivity index (χ2v) is 6.41. The number of imidazole rings is 1. The predicted octanol–water partition coefficient (Wildman–Crippen LogP) is 2.15. The van der Waals surface area contributed by atoms with E-state index in [0.29, 0.717) is 31.3 Å². The minimum absolute atomic E-state index is 0.0393. The molecule has 4 rings (SSSR count). The number of hydrogen-bond donors (Lipinski definition) is 0. The molecule has 1 atom stereocenters. The minimum Gasteiger partial charge on any atom is -0.477 e. The molecule has 1 aliphatic heterocycles. The first kappa shape index (κ1) is 16.4. The highest BCUT2D eigenvalue weighted by molar-refractivity contribution is 5.78. The van der Waals surface area contributed by atoms with Gasteiger partial charge in [-0.3, -0.25) is 4.79 Å². The van der Waals surface area contributed by atoms with Crippen molar-refractivity contribution in [3.8, 4) is 5.88 Å². The summed E-state index contributed by atoms with van der Waals surface area (Å²) in [5.41, 5.74) is 1.03. The Morgan fingerprint density at radius 3 is 3.04 bits per heavy atom. The molecule has 4 heterocycles. The van der Waals surface area contributed by atoms with Crippen LogP contribution in [0.1, 0.15) is 11.5 Å². The zero-order valence-electron chi connectivity index (χ0n) is 14.3. The summed E-state index contributed by atoms with van der Waals surface area (Å²) in [4.78, 5) is 23.0. The van der Waals surface area contributed by atoms with Crippen LogP contribution in [0.3, 0.4) is 0 Å². The smallest absolute Gasteiger partial charge is 0.230 e. The van der Waals surface area contributed by atoms with Crippen LogP contribution in [0.4, 0.5) is 0 Å². The average Bonchev–Trinajstić information content (AvgIpc) is 3.29. The maximum Gasteiger partial charge on any atom is 0.230 e. The van der Waals surface area contributed by atoms with Crippen molar-refractivity contribution in [1.82, 2.24) is 19.4 Å². The van der Waals surface area contributed by atoms with Crippen molar-refractivity contribution in [3.63, 3.8) is 0 Å². The van der Waals surface area contributed by atoms with Gasteiger partial charge in [-0.15, -0.1) is 0 Å². The van der Waals surface area contributed by atoms with Gasteiger partial charge in [0.1, 0.15) is 5.76 Å². The lowest BCUT2D eigenvalue weighted by Crippen LogP contribution is -2.36. The van der Waals surface area contributed by atoms with Crippen molar-refractivity contribution in [2.75, 3.05) is 13.2 Å². The van der Waals surface area contributed by atoms with E-state index in [-0.39, 0.29) is 18.2 Å². The van der Waals surface area contributed by atoms with E-state index in [1.165, 1.54) is 0 Å². The molecule has 1 aliphatic rings. The Morgan fingerprint density at radius 1 is 1.27 bits per heavy atom. The van der Waals surface area contributed by atoms with Crippen molar-refractivity contribution in [1.29, 1.82) is 0 Å². The molecule has 3 aromatic rings. The zero-order valence-corrected chi connectivity index (χ0v) is 14.3. The molecular weight excluding hydrogens is 332 g/mol. The number of aromatic nitrogens is 3. The molecule has 134 valence electrons. The summed E-state index contributed by atoms with van der Waals surface area (Å²) < 4.78 is 13.2. The second-order valence-electron chi connectivity index (χ2n) is 6.41. The summed E-state index contributed by atoms with van der Waals surface area (Å²) in [5, 5.41) is 0. The van der Waals surface area contributed by atoms with E-state index in [0.717, 1.165) is 12.2 Å². The first-order chi connectivity index (χ1) is 12.8. The fraction of sp³-hybridized carbons (Fsp3) is 0.316. The Bertz CT molecular complexity index is 845. The zero-order chi connectivity index (χ0) is 17.8. The number of fused-ring (bicyclic) bond motifs is 1. The number of nitrogens with zero attached hydrogens (tertiary/aromatic N) is 4. The van der Waals surface area contributed by atoms with Crippen LogP contribution >= 0.6 is 0 Å². The third-order valence-corrected chi connectivity index (χ3v) is 4.45. The molecule has 0 fully saturated rings.